The minimum Gasteiger partial charge on any atom is -0.497 e. The van der Waals surface area contributed by atoms with Crippen molar-refractivity contribution in [2.75, 3.05) is 30.4 Å². The summed E-state index contributed by atoms with van der Waals surface area (Å²) in [6.45, 7) is 0.946. The standard InChI is InChI=1S/C24H24Br2N2O2/c1-30-22-4-2-3-20(13-22)27-14-21(29)15-28-23-9-7-18(25)11-16(23)5-6-17-12-19(26)8-10-24(17)28/h2-4,7-13,21,27,29H,5-6,14-15H2,1H3. The number of hydrogen-bond acceptors (Lipinski definition) is 4. The van der Waals surface area contributed by atoms with Crippen LogP contribution in [-0.4, -0.2) is 31.4 Å². The van der Waals surface area contributed by atoms with Gasteiger partial charge in [-0.1, -0.05) is 37.9 Å². The summed E-state index contributed by atoms with van der Waals surface area (Å²) in [5, 5.41) is 14.2. The first-order valence-electron chi connectivity index (χ1n) is 9.94. The summed E-state index contributed by atoms with van der Waals surface area (Å²) >= 11 is 7.20. The highest BCUT2D eigenvalue weighted by atomic mass is 79.9. The van der Waals surface area contributed by atoms with Crippen LogP contribution in [0.25, 0.3) is 0 Å². The molecule has 0 amide bonds. The van der Waals surface area contributed by atoms with Gasteiger partial charge in [0.2, 0.25) is 0 Å². The van der Waals surface area contributed by atoms with Crippen LogP contribution >= 0.6 is 31.9 Å². The number of ether oxygens (including phenoxy) is 1. The van der Waals surface area contributed by atoms with E-state index in [4.69, 9.17) is 4.74 Å². The Labute approximate surface area is 194 Å². The molecule has 156 valence electrons. The Kier molecular flexibility index (Phi) is 6.66. The van der Waals surface area contributed by atoms with Gasteiger partial charge in [0.05, 0.1) is 19.8 Å². The van der Waals surface area contributed by atoms with Gasteiger partial charge in [0.1, 0.15) is 5.75 Å². The zero-order valence-corrected chi connectivity index (χ0v) is 19.9. The maximum Gasteiger partial charge on any atom is 0.120 e. The number of nitrogens with one attached hydrogen (secondary N) is 1. The fourth-order valence-electron chi connectivity index (χ4n) is 3.88. The minimum absolute atomic E-state index is 0.446. The lowest BCUT2D eigenvalue weighted by molar-refractivity contribution is 0.195. The van der Waals surface area contributed by atoms with Gasteiger partial charge in [0.15, 0.2) is 0 Å². The van der Waals surface area contributed by atoms with Crippen molar-refractivity contribution in [3.05, 3.63) is 80.7 Å². The third-order valence-corrected chi connectivity index (χ3v) is 6.32. The Morgan fingerprint density at radius 1 is 0.967 bits per heavy atom. The number of anilines is 3. The minimum atomic E-state index is -0.553. The number of halogens is 2. The molecular weight excluding hydrogens is 508 g/mol. The lowest BCUT2D eigenvalue weighted by atomic mass is 10.0. The molecule has 1 heterocycles. The molecular formula is C24H24Br2N2O2. The van der Waals surface area contributed by atoms with Crippen LogP contribution in [0.4, 0.5) is 17.1 Å². The lowest BCUT2D eigenvalue weighted by Crippen LogP contribution is -2.34. The van der Waals surface area contributed by atoms with Crippen molar-refractivity contribution in [1.29, 1.82) is 0 Å². The van der Waals surface area contributed by atoms with Crippen molar-refractivity contribution in [3.8, 4) is 5.75 Å². The number of β-amino-alcohol motifs (C(OH)–C–C–N with tert-alkyl or cyclic N) is 1. The average molecular weight is 532 g/mol. The average Bonchev–Trinajstić information content (AvgIpc) is 2.89. The van der Waals surface area contributed by atoms with E-state index in [9.17, 15) is 5.11 Å². The van der Waals surface area contributed by atoms with Crippen LogP contribution in [0.1, 0.15) is 11.1 Å². The molecule has 2 N–H and O–H groups in total. The van der Waals surface area contributed by atoms with Crippen LogP contribution in [0.15, 0.2) is 69.6 Å². The monoisotopic (exact) mass is 530 g/mol. The largest absolute Gasteiger partial charge is 0.497 e. The van der Waals surface area contributed by atoms with E-state index in [0.29, 0.717) is 13.1 Å². The number of benzene rings is 3. The maximum atomic E-state index is 10.9. The SMILES string of the molecule is COc1cccc(NCC(O)CN2c3ccc(Br)cc3CCc3cc(Br)ccc32)c1. The molecule has 0 fully saturated rings. The summed E-state index contributed by atoms with van der Waals surface area (Å²) in [7, 11) is 1.65. The number of aliphatic hydroxyl groups is 1. The van der Waals surface area contributed by atoms with Gasteiger partial charge in [-0.05, 0) is 72.5 Å². The second kappa shape index (κ2) is 9.41. The molecule has 30 heavy (non-hydrogen) atoms. The zero-order valence-electron chi connectivity index (χ0n) is 16.7. The summed E-state index contributed by atoms with van der Waals surface area (Å²) in [5.74, 6) is 0.793. The highest BCUT2D eigenvalue weighted by molar-refractivity contribution is 9.10. The van der Waals surface area contributed by atoms with Gasteiger partial charge >= 0.3 is 0 Å². The van der Waals surface area contributed by atoms with Crippen LogP contribution in [0.3, 0.4) is 0 Å². The van der Waals surface area contributed by atoms with E-state index in [1.54, 1.807) is 7.11 Å². The first kappa shape index (κ1) is 21.2. The van der Waals surface area contributed by atoms with Crippen molar-refractivity contribution in [2.24, 2.45) is 0 Å². The Bertz CT molecular complexity index is 988. The summed E-state index contributed by atoms with van der Waals surface area (Å²) in [6.07, 6.45) is 1.38. The highest BCUT2D eigenvalue weighted by Gasteiger charge is 2.23. The Hall–Kier alpha value is -2.02. The van der Waals surface area contributed by atoms with Crippen molar-refractivity contribution < 1.29 is 9.84 Å². The highest BCUT2D eigenvalue weighted by Crippen LogP contribution is 2.38. The molecule has 3 aromatic carbocycles. The van der Waals surface area contributed by atoms with Crippen LogP contribution < -0.4 is 15.0 Å². The molecule has 4 nitrogen and oxygen atoms in total. The number of aliphatic hydroxyl groups excluding tert-OH is 1. The summed E-state index contributed by atoms with van der Waals surface area (Å²) in [4.78, 5) is 2.24. The predicted molar refractivity (Wildman–Crippen MR) is 130 cm³/mol. The molecule has 4 rings (SSSR count). The van der Waals surface area contributed by atoms with E-state index >= 15 is 0 Å². The first-order chi connectivity index (χ1) is 14.5. The Balaban J connectivity index is 1.57. The molecule has 1 aliphatic heterocycles. The van der Waals surface area contributed by atoms with Gasteiger partial charge in [-0.2, -0.15) is 0 Å². The smallest absolute Gasteiger partial charge is 0.120 e. The van der Waals surface area contributed by atoms with E-state index in [0.717, 1.165) is 44.6 Å². The number of aryl methyl sites for hydroxylation is 2. The maximum absolute atomic E-state index is 10.9. The Morgan fingerprint density at radius 2 is 1.60 bits per heavy atom. The van der Waals surface area contributed by atoms with E-state index in [-0.39, 0.29) is 0 Å². The van der Waals surface area contributed by atoms with Crippen LogP contribution in [0.5, 0.6) is 5.75 Å². The van der Waals surface area contributed by atoms with Gasteiger partial charge in [0.25, 0.3) is 0 Å². The third-order valence-electron chi connectivity index (χ3n) is 5.33. The second-order valence-electron chi connectivity index (χ2n) is 7.42. The summed E-state index contributed by atoms with van der Waals surface area (Å²) in [5.41, 5.74) is 5.80. The van der Waals surface area contributed by atoms with E-state index in [2.05, 4.69) is 78.5 Å². The number of nitrogens with zero attached hydrogens (tertiary/aromatic N) is 1. The molecule has 1 aliphatic rings. The van der Waals surface area contributed by atoms with Crippen LogP contribution in [0.2, 0.25) is 0 Å². The fraction of sp³-hybridized carbons (Fsp3) is 0.250. The number of methoxy groups -OCH3 is 1. The zero-order chi connectivity index (χ0) is 21.1. The summed E-state index contributed by atoms with van der Waals surface area (Å²) in [6, 6.07) is 20.5. The van der Waals surface area contributed by atoms with Crippen molar-refractivity contribution in [2.45, 2.75) is 18.9 Å². The molecule has 0 saturated carbocycles. The summed E-state index contributed by atoms with van der Waals surface area (Å²) < 4.78 is 7.43. The first-order valence-corrected chi connectivity index (χ1v) is 11.5. The quantitative estimate of drug-likeness (QED) is 0.414. The Morgan fingerprint density at radius 3 is 2.20 bits per heavy atom. The number of rotatable bonds is 6. The van der Waals surface area contributed by atoms with Gasteiger partial charge in [0, 0.05) is 38.6 Å². The predicted octanol–water partition coefficient (Wildman–Crippen LogP) is 5.93. The third kappa shape index (κ3) is 4.82. The second-order valence-corrected chi connectivity index (χ2v) is 9.25. The number of hydrogen-bond donors (Lipinski definition) is 2. The number of fused-ring (bicyclic) bond motifs is 2. The molecule has 0 bridgehead atoms. The van der Waals surface area contributed by atoms with Crippen molar-refractivity contribution >= 4 is 48.9 Å². The van der Waals surface area contributed by atoms with Gasteiger partial charge < -0.3 is 20.1 Å². The van der Waals surface area contributed by atoms with Crippen LogP contribution in [-0.2, 0) is 12.8 Å². The van der Waals surface area contributed by atoms with E-state index < -0.39 is 6.10 Å². The van der Waals surface area contributed by atoms with Crippen molar-refractivity contribution in [1.82, 2.24) is 0 Å². The molecule has 1 atom stereocenters. The molecule has 3 aromatic rings. The molecule has 0 aromatic heterocycles. The normalized spacial score (nSPS) is 13.8. The molecule has 0 aliphatic carbocycles. The van der Waals surface area contributed by atoms with Gasteiger partial charge in [-0.25, -0.2) is 0 Å². The van der Waals surface area contributed by atoms with Gasteiger partial charge in [-0.3, -0.25) is 0 Å². The molecule has 1 unspecified atom stereocenters. The lowest BCUT2D eigenvalue weighted by Gasteiger charge is -2.29. The van der Waals surface area contributed by atoms with Gasteiger partial charge in [-0.15, -0.1) is 0 Å². The van der Waals surface area contributed by atoms with E-state index in [1.165, 1.54) is 11.1 Å². The van der Waals surface area contributed by atoms with Crippen LogP contribution in [0, 0.1) is 0 Å². The molecule has 0 spiro atoms. The van der Waals surface area contributed by atoms with Crippen molar-refractivity contribution in [3.63, 3.8) is 0 Å². The fourth-order valence-corrected chi connectivity index (χ4v) is 4.69. The topological polar surface area (TPSA) is 44.7 Å². The molecule has 6 heteroatoms. The van der Waals surface area contributed by atoms with E-state index in [1.807, 2.05) is 24.3 Å². The molecule has 0 radical (unpaired) electrons. The molecule has 0 saturated heterocycles.